The van der Waals surface area contributed by atoms with Crippen LogP contribution in [0.3, 0.4) is 0 Å². The normalized spacial score (nSPS) is 11.2. The number of nitrogens with zero attached hydrogens (tertiary/aromatic N) is 3. The molecule has 0 aliphatic carbocycles. The molecule has 4 aromatic rings. The molecule has 1 amide bonds. The molecule has 0 spiro atoms. The van der Waals surface area contributed by atoms with Crippen molar-refractivity contribution in [3.63, 3.8) is 0 Å². The number of oxazole rings is 1. The van der Waals surface area contributed by atoms with E-state index in [0.29, 0.717) is 22.5 Å². The van der Waals surface area contributed by atoms with Gasteiger partial charge in [0.05, 0.1) is 22.8 Å². The van der Waals surface area contributed by atoms with Gasteiger partial charge in [0.25, 0.3) is 5.91 Å². The van der Waals surface area contributed by atoms with Gasteiger partial charge in [-0.3, -0.25) is 4.79 Å². The zero-order valence-electron chi connectivity index (χ0n) is 18.0. The molecule has 1 N–H and O–H groups in total. The number of anilines is 1. The van der Waals surface area contributed by atoms with Gasteiger partial charge in [0.15, 0.2) is 12.2 Å². The molecular formula is C24H22N4O4. The lowest BCUT2D eigenvalue weighted by molar-refractivity contribution is -0.142. The summed E-state index contributed by atoms with van der Waals surface area (Å²) < 4.78 is 12.3. The van der Waals surface area contributed by atoms with E-state index in [4.69, 9.17) is 9.15 Å². The molecule has 0 saturated carbocycles. The average Bonchev–Trinajstić information content (AvgIpc) is 3.32. The van der Waals surface area contributed by atoms with Crippen LogP contribution in [-0.4, -0.2) is 33.2 Å². The van der Waals surface area contributed by atoms with Gasteiger partial charge in [-0.05, 0) is 45.0 Å². The van der Waals surface area contributed by atoms with E-state index in [0.717, 1.165) is 16.9 Å². The van der Waals surface area contributed by atoms with Gasteiger partial charge in [-0.2, -0.15) is 5.10 Å². The van der Waals surface area contributed by atoms with Crippen molar-refractivity contribution in [2.24, 2.45) is 0 Å². The molecule has 32 heavy (non-hydrogen) atoms. The van der Waals surface area contributed by atoms with E-state index >= 15 is 0 Å². The van der Waals surface area contributed by atoms with E-state index in [1.807, 2.05) is 63.2 Å². The number of hydrogen-bond acceptors (Lipinski definition) is 6. The molecule has 2 heterocycles. The molecule has 0 aliphatic rings. The Bertz CT molecular complexity index is 1280. The van der Waals surface area contributed by atoms with Crippen LogP contribution in [0.1, 0.15) is 22.8 Å². The maximum absolute atomic E-state index is 12.3. The van der Waals surface area contributed by atoms with Crippen LogP contribution < -0.4 is 5.32 Å². The van der Waals surface area contributed by atoms with Crippen LogP contribution in [0.4, 0.5) is 5.69 Å². The lowest BCUT2D eigenvalue weighted by Crippen LogP contribution is -2.20. The van der Waals surface area contributed by atoms with E-state index in [1.54, 1.807) is 10.7 Å². The number of carbonyl (C=O) groups is 2. The number of fused-ring (bicyclic) bond motifs is 1. The fraction of sp³-hybridized carbons (Fsp3) is 0.167. The molecule has 2 aromatic carbocycles. The first-order valence-corrected chi connectivity index (χ1v) is 10.0. The Morgan fingerprint density at radius 3 is 2.59 bits per heavy atom. The summed E-state index contributed by atoms with van der Waals surface area (Å²) in [6.07, 6.45) is 2.57. The first-order valence-electron chi connectivity index (χ1n) is 10.0. The van der Waals surface area contributed by atoms with Gasteiger partial charge in [-0.15, -0.1) is 0 Å². The summed E-state index contributed by atoms with van der Waals surface area (Å²) in [7, 11) is 0. The molecule has 0 saturated heterocycles. The fourth-order valence-corrected chi connectivity index (χ4v) is 3.22. The summed E-state index contributed by atoms with van der Waals surface area (Å²) in [6.45, 7) is 5.26. The molecule has 0 bridgehead atoms. The number of amides is 1. The second-order valence-electron chi connectivity index (χ2n) is 7.30. The van der Waals surface area contributed by atoms with Gasteiger partial charge in [-0.25, -0.2) is 14.5 Å². The summed E-state index contributed by atoms with van der Waals surface area (Å²) in [5.41, 5.74) is 5.39. The zero-order chi connectivity index (χ0) is 22.7. The molecular weight excluding hydrogens is 408 g/mol. The molecule has 4 rings (SSSR count). The zero-order valence-corrected chi connectivity index (χ0v) is 18.0. The standard InChI is InChI=1S/C24H22N4O4/c1-15-8-10-18(11-9-15)28-17(3)24(16(2)27-28)26-21(29)14-31-23(30)13-12-22-25-19-6-4-5-7-20(19)32-22/h4-13H,14H2,1-3H3,(H,26,29)/b13-12+. The Balaban J connectivity index is 1.35. The van der Waals surface area contributed by atoms with E-state index in [9.17, 15) is 9.59 Å². The molecule has 8 heteroatoms. The Morgan fingerprint density at radius 1 is 1.09 bits per heavy atom. The van der Waals surface area contributed by atoms with Crippen molar-refractivity contribution in [1.29, 1.82) is 0 Å². The number of rotatable bonds is 6. The highest BCUT2D eigenvalue weighted by Gasteiger charge is 2.16. The molecule has 8 nitrogen and oxygen atoms in total. The number of ether oxygens (including phenoxy) is 1. The first kappa shape index (κ1) is 21.0. The third-order valence-corrected chi connectivity index (χ3v) is 4.85. The van der Waals surface area contributed by atoms with Crippen LogP contribution >= 0.6 is 0 Å². The van der Waals surface area contributed by atoms with Crippen molar-refractivity contribution in [2.75, 3.05) is 11.9 Å². The van der Waals surface area contributed by atoms with Crippen molar-refractivity contribution in [3.8, 4) is 5.69 Å². The molecule has 0 unspecified atom stereocenters. The van der Waals surface area contributed by atoms with Crippen molar-refractivity contribution in [3.05, 3.63) is 77.4 Å². The highest BCUT2D eigenvalue weighted by atomic mass is 16.5. The Morgan fingerprint density at radius 2 is 1.84 bits per heavy atom. The van der Waals surface area contributed by atoms with Gasteiger partial charge in [0.2, 0.25) is 5.89 Å². The maximum Gasteiger partial charge on any atom is 0.331 e. The summed E-state index contributed by atoms with van der Waals surface area (Å²) in [5, 5.41) is 7.28. The molecule has 0 atom stereocenters. The number of aryl methyl sites for hydroxylation is 2. The largest absolute Gasteiger partial charge is 0.452 e. The van der Waals surface area contributed by atoms with Crippen molar-refractivity contribution in [2.45, 2.75) is 20.8 Å². The number of nitrogens with one attached hydrogen (secondary N) is 1. The Hall–Kier alpha value is -4.20. The van der Waals surface area contributed by atoms with Gasteiger partial charge >= 0.3 is 5.97 Å². The van der Waals surface area contributed by atoms with Crippen molar-refractivity contribution >= 4 is 34.7 Å². The molecule has 0 fully saturated rings. The predicted molar refractivity (Wildman–Crippen MR) is 120 cm³/mol. The van der Waals surface area contributed by atoms with Crippen LogP contribution in [0.2, 0.25) is 0 Å². The minimum atomic E-state index is -0.675. The first-order chi connectivity index (χ1) is 15.4. The van der Waals surface area contributed by atoms with Crippen LogP contribution in [0.5, 0.6) is 0 Å². The monoisotopic (exact) mass is 430 g/mol. The molecule has 162 valence electrons. The number of aromatic nitrogens is 3. The minimum Gasteiger partial charge on any atom is -0.452 e. The number of para-hydroxylation sites is 2. The summed E-state index contributed by atoms with van der Waals surface area (Å²) in [6, 6.07) is 15.2. The van der Waals surface area contributed by atoms with Gasteiger partial charge in [0, 0.05) is 12.2 Å². The maximum atomic E-state index is 12.3. The number of carbonyl (C=O) groups excluding carboxylic acids is 2. The summed E-state index contributed by atoms with van der Waals surface area (Å²) >= 11 is 0. The van der Waals surface area contributed by atoms with Gasteiger partial charge in [0.1, 0.15) is 5.52 Å². The van der Waals surface area contributed by atoms with Crippen LogP contribution in [0.15, 0.2) is 59.0 Å². The lowest BCUT2D eigenvalue weighted by atomic mass is 10.2. The summed E-state index contributed by atoms with van der Waals surface area (Å²) in [4.78, 5) is 28.5. The SMILES string of the molecule is Cc1ccc(-n2nc(C)c(NC(=O)COC(=O)/C=C/c3nc4ccccc4o3)c2C)cc1. The van der Waals surface area contributed by atoms with E-state index in [1.165, 1.54) is 12.2 Å². The average molecular weight is 430 g/mol. The summed E-state index contributed by atoms with van der Waals surface area (Å²) in [5.74, 6) is -0.850. The predicted octanol–water partition coefficient (Wildman–Crippen LogP) is 4.13. The molecule has 2 aromatic heterocycles. The lowest BCUT2D eigenvalue weighted by Gasteiger charge is -2.07. The van der Waals surface area contributed by atoms with Crippen molar-refractivity contribution < 1.29 is 18.7 Å². The topological polar surface area (TPSA) is 99.2 Å². The highest BCUT2D eigenvalue weighted by Crippen LogP contribution is 2.23. The fourth-order valence-electron chi connectivity index (χ4n) is 3.22. The second-order valence-corrected chi connectivity index (χ2v) is 7.30. The van der Waals surface area contributed by atoms with E-state index in [2.05, 4.69) is 15.4 Å². The minimum absolute atomic E-state index is 0.280. The van der Waals surface area contributed by atoms with Crippen LogP contribution in [-0.2, 0) is 14.3 Å². The van der Waals surface area contributed by atoms with Crippen molar-refractivity contribution in [1.82, 2.24) is 14.8 Å². The smallest absolute Gasteiger partial charge is 0.331 e. The number of benzene rings is 2. The third-order valence-electron chi connectivity index (χ3n) is 4.85. The van der Waals surface area contributed by atoms with Gasteiger partial charge < -0.3 is 14.5 Å². The molecule has 0 radical (unpaired) electrons. The van der Waals surface area contributed by atoms with E-state index < -0.39 is 18.5 Å². The number of hydrogen-bond donors (Lipinski definition) is 1. The Kier molecular flexibility index (Phi) is 5.85. The van der Waals surface area contributed by atoms with Crippen LogP contribution in [0.25, 0.3) is 22.9 Å². The second kappa shape index (κ2) is 8.89. The highest BCUT2D eigenvalue weighted by molar-refractivity contribution is 5.95. The van der Waals surface area contributed by atoms with Gasteiger partial charge in [-0.1, -0.05) is 29.8 Å². The quantitative estimate of drug-likeness (QED) is 0.365. The van der Waals surface area contributed by atoms with E-state index in [-0.39, 0.29) is 5.89 Å². The van der Waals surface area contributed by atoms with Crippen LogP contribution in [0, 0.1) is 20.8 Å². The number of esters is 1. The third kappa shape index (κ3) is 4.59. The Labute approximate surface area is 184 Å². The molecule has 0 aliphatic heterocycles.